The third kappa shape index (κ3) is 10.2. The third-order valence-electron chi connectivity index (χ3n) is 0.175. The maximum Gasteiger partial charge on any atom is 0 e. The third-order valence-corrected chi connectivity index (χ3v) is 8.98. The average molecular weight is 387 g/mol. The van der Waals surface area contributed by atoms with Gasteiger partial charge in [-0.25, -0.2) is 0 Å². The van der Waals surface area contributed by atoms with Crippen molar-refractivity contribution < 1.29 is 17.1 Å². The number of hydrogen-bond donors (Lipinski definition) is 0. The zero-order chi connectivity index (χ0) is 5.54. The fraction of sp³-hybridized carbons (Fsp3) is 0. The normalized spacial score (nSPS) is 5.75. The van der Waals surface area contributed by atoms with Crippen molar-refractivity contribution in [3.05, 3.63) is 0 Å². The van der Waals surface area contributed by atoms with Crippen molar-refractivity contribution in [3.8, 4) is 10.8 Å². The fourth-order valence-corrected chi connectivity index (χ4v) is 4.59. The van der Waals surface area contributed by atoms with E-state index in [9.17, 15) is 0 Å². The largest absolute Gasteiger partial charge is 0 e. The molecule has 45 valence electrons. The average Bonchev–Trinajstić information content (AvgIpc) is 1.69. The Bertz CT molecular complexity index is 102. The van der Waals surface area contributed by atoms with Gasteiger partial charge in [0.2, 0.25) is 0 Å². The van der Waals surface area contributed by atoms with Crippen LogP contribution in [-0.4, -0.2) is 21.2 Å². The first-order valence-corrected chi connectivity index (χ1v) is 12.4. The molecule has 0 N–H and O–H groups in total. The number of nitrogens with zero attached hydrogens (tertiary/aromatic N) is 2. The summed E-state index contributed by atoms with van der Waals surface area (Å²) in [6.07, 6.45) is 0. The summed E-state index contributed by atoms with van der Waals surface area (Å²) in [7, 11) is 2.55. The van der Waals surface area contributed by atoms with E-state index in [1.165, 1.54) is 16.6 Å². The minimum absolute atomic E-state index is 0. The summed E-state index contributed by atoms with van der Waals surface area (Å²) in [6.45, 7) is 0. The van der Waals surface area contributed by atoms with Gasteiger partial charge < -0.3 is 0 Å². The van der Waals surface area contributed by atoms with Crippen molar-refractivity contribution in [2.45, 2.75) is 0 Å². The van der Waals surface area contributed by atoms with Gasteiger partial charge in [0.15, 0.2) is 0 Å². The van der Waals surface area contributed by atoms with Gasteiger partial charge in [0.05, 0.1) is 0 Å². The van der Waals surface area contributed by atoms with E-state index in [1.54, 1.807) is 0 Å². The molecule has 0 aliphatic carbocycles. The Hall–Kier alpha value is 1.12. The van der Waals surface area contributed by atoms with E-state index in [4.69, 9.17) is 10.5 Å². The van der Waals surface area contributed by atoms with Gasteiger partial charge in [-0.05, 0) is 0 Å². The summed E-state index contributed by atoms with van der Waals surface area (Å²) in [6, 6.07) is 0. The number of rotatable bonds is 2. The van der Waals surface area contributed by atoms with Gasteiger partial charge in [-0.3, -0.25) is 0 Å². The Balaban J connectivity index is 0. The van der Waals surface area contributed by atoms with Crippen molar-refractivity contribution in [2.75, 3.05) is 0 Å². The predicted octanol–water partition coefficient (Wildman–Crippen LogP) is 0.947. The summed E-state index contributed by atoms with van der Waals surface area (Å²) < 4.78 is 0. The van der Waals surface area contributed by atoms with E-state index >= 15 is 0 Å². The Morgan fingerprint density at radius 1 is 1.12 bits per heavy atom. The quantitative estimate of drug-likeness (QED) is 0.403. The first kappa shape index (κ1) is 11.9. The zero-order valence-corrected chi connectivity index (χ0v) is 9.97. The Labute approximate surface area is 75.4 Å². The molecular weight excluding hydrogens is 387 g/mol. The molecule has 6 heteroatoms. The molecule has 0 aliphatic rings. The van der Waals surface area contributed by atoms with E-state index in [2.05, 4.69) is 0 Å². The van der Waals surface area contributed by atoms with Crippen LogP contribution in [0.5, 0.6) is 0 Å². The monoisotopic (exact) mass is 387 g/mol. The topological polar surface area (TPSA) is 47.6 Å². The zero-order valence-electron chi connectivity index (χ0n) is 3.51. The van der Waals surface area contributed by atoms with Gasteiger partial charge in [0, 0.05) is 17.1 Å². The maximum absolute atomic E-state index is 7.93. The molecule has 0 aromatic rings. The van der Waals surface area contributed by atoms with Crippen LogP contribution in [0.25, 0.3) is 0 Å². The molecule has 0 rings (SSSR count). The molecule has 0 unspecified atom stereocenters. The van der Waals surface area contributed by atoms with Crippen LogP contribution in [0.15, 0.2) is 0 Å². The molecule has 0 amide bonds. The molecule has 0 atom stereocenters. The van der Waals surface area contributed by atoms with Crippen LogP contribution in [0.3, 0.4) is 0 Å². The molecule has 2 nitrogen and oxygen atoms in total. The molecule has 0 heterocycles. The summed E-state index contributed by atoms with van der Waals surface area (Å²) in [4.78, 5) is 0. The van der Waals surface area contributed by atoms with Gasteiger partial charge in [-0.2, -0.15) is 0 Å². The number of nitriles is 2. The predicted molar refractivity (Wildman–Crippen MR) is 32.2 cm³/mol. The SMILES string of the molecule is N#C[S][Pb][S]C#N.[Cu]. The standard InChI is InChI=1S/2CHNS.Cu.Pb/c2*2-1-3;;/h2*3H;;/q;;;+2/p-2. The number of thiocyanates is 2. The molecule has 0 spiro atoms. The van der Waals surface area contributed by atoms with E-state index in [-0.39, 0.29) is 17.1 Å². The van der Waals surface area contributed by atoms with Crippen molar-refractivity contribution in [1.82, 2.24) is 0 Å². The van der Waals surface area contributed by atoms with Crippen LogP contribution in [0, 0.1) is 21.3 Å². The molecule has 0 saturated carbocycles. The van der Waals surface area contributed by atoms with Gasteiger partial charge in [0.1, 0.15) is 0 Å². The van der Waals surface area contributed by atoms with E-state index in [0.717, 1.165) is 0 Å². The van der Waals surface area contributed by atoms with Crippen molar-refractivity contribution >= 4 is 37.9 Å². The van der Waals surface area contributed by atoms with Gasteiger partial charge in [-0.1, -0.05) is 0 Å². The molecule has 3 radical (unpaired) electrons. The van der Waals surface area contributed by atoms with Crippen molar-refractivity contribution in [3.63, 3.8) is 0 Å². The molecule has 0 saturated heterocycles. The maximum atomic E-state index is 7.93. The summed E-state index contributed by atoms with van der Waals surface area (Å²) in [5.41, 5.74) is 0. The van der Waals surface area contributed by atoms with E-state index in [0.29, 0.717) is 0 Å². The second-order valence-corrected chi connectivity index (χ2v) is 12.5. The molecule has 0 aromatic heterocycles. The minimum atomic E-state index is -0.888. The Morgan fingerprint density at radius 3 is 1.75 bits per heavy atom. The van der Waals surface area contributed by atoms with Crippen LogP contribution in [0.4, 0.5) is 0 Å². The molecule has 0 aliphatic heterocycles. The van der Waals surface area contributed by atoms with Crippen LogP contribution in [0.2, 0.25) is 0 Å². The first-order valence-electron chi connectivity index (χ1n) is 1.26. The fourth-order valence-electron chi connectivity index (χ4n) is 0.0581. The van der Waals surface area contributed by atoms with Crippen molar-refractivity contribution in [1.29, 1.82) is 10.5 Å². The summed E-state index contributed by atoms with van der Waals surface area (Å²) >= 11 is -0.888. The summed E-state index contributed by atoms with van der Waals surface area (Å²) in [5, 5.41) is 19.7. The summed E-state index contributed by atoms with van der Waals surface area (Å²) in [5.74, 6) is 0. The second kappa shape index (κ2) is 11.0. The van der Waals surface area contributed by atoms with E-state index in [1.807, 2.05) is 10.8 Å². The molecule has 0 aromatic carbocycles. The smallest absolute Gasteiger partial charge is 0 e. The first-order chi connectivity index (χ1) is 3.41. The molecule has 8 heavy (non-hydrogen) atoms. The molecule has 0 bridgehead atoms. The van der Waals surface area contributed by atoms with Crippen LogP contribution >= 0.6 is 16.6 Å². The number of hydrogen-bond acceptors (Lipinski definition) is 4. The molecular formula is C2CuN2PbS2. The molecule has 0 fully saturated rings. The van der Waals surface area contributed by atoms with Gasteiger partial charge in [-0.15, -0.1) is 0 Å². The van der Waals surface area contributed by atoms with E-state index < -0.39 is 21.2 Å². The second-order valence-electron chi connectivity index (χ2n) is 0.470. The Kier molecular flexibility index (Phi) is 16.3. The van der Waals surface area contributed by atoms with Gasteiger partial charge >= 0.3 is 59.2 Å². The van der Waals surface area contributed by atoms with Crippen LogP contribution < -0.4 is 0 Å². The minimum Gasteiger partial charge on any atom is 0 e. The van der Waals surface area contributed by atoms with Crippen LogP contribution in [-0.2, 0) is 17.1 Å². The Morgan fingerprint density at radius 2 is 1.50 bits per heavy atom. The van der Waals surface area contributed by atoms with Crippen LogP contribution in [0.1, 0.15) is 0 Å². The van der Waals surface area contributed by atoms with Crippen molar-refractivity contribution in [2.24, 2.45) is 0 Å². The van der Waals surface area contributed by atoms with Gasteiger partial charge in [0.25, 0.3) is 0 Å².